The van der Waals surface area contributed by atoms with Crippen LogP contribution in [0.5, 0.6) is 0 Å². The Morgan fingerprint density at radius 3 is 2.44 bits per heavy atom. The molecule has 2 unspecified atom stereocenters. The molecule has 0 N–H and O–H groups in total. The zero-order chi connectivity index (χ0) is 13.4. The monoisotopic (exact) mass is 271 g/mol. The maximum absolute atomic E-state index is 5.72. The van der Waals surface area contributed by atoms with E-state index < -0.39 is 0 Å². The topological polar surface area (TPSA) is 21.6 Å². The first kappa shape index (κ1) is 15.9. The van der Waals surface area contributed by atoms with Crippen LogP contribution < -0.4 is 0 Å². The van der Waals surface area contributed by atoms with Crippen LogP contribution in [0.1, 0.15) is 59.3 Å². The predicted molar refractivity (Wildman–Crippen MR) is 82.4 cm³/mol. The smallest absolute Gasteiger partial charge is 0.136 e. The van der Waals surface area contributed by atoms with E-state index in [1.807, 2.05) is 11.8 Å². The average Bonchev–Trinajstić information content (AvgIpc) is 2.85. The summed E-state index contributed by atoms with van der Waals surface area (Å²) in [6.45, 7) is 6.79. The average molecular weight is 271 g/mol. The Kier molecular flexibility index (Phi) is 7.80. The highest BCUT2D eigenvalue weighted by Gasteiger charge is 2.31. The van der Waals surface area contributed by atoms with Gasteiger partial charge in [-0.15, -0.1) is 0 Å². The molecule has 0 amide bonds. The van der Waals surface area contributed by atoms with E-state index >= 15 is 0 Å². The van der Waals surface area contributed by atoms with E-state index in [2.05, 4.69) is 32.2 Å². The largest absolute Gasteiger partial charge is 0.392 e. The third-order valence-electron chi connectivity index (χ3n) is 3.89. The zero-order valence-corrected chi connectivity index (χ0v) is 13.3. The molecule has 0 saturated heterocycles. The number of rotatable bonds is 9. The Morgan fingerprint density at radius 1 is 1.28 bits per heavy atom. The first-order chi connectivity index (χ1) is 8.76. The molecule has 0 aromatic carbocycles. The Balaban J connectivity index is 2.50. The van der Waals surface area contributed by atoms with Gasteiger partial charge in [0.2, 0.25) is 0 Å². The van der Waals surface area contributed by atoms with Crippen molar-refractivity contribution in [2.45, 2.75) is 65.4 Å². The molecule has 1 aliphatic heterocycles. The minimum absolute atomic E-state index is 0.341. The second kappa shape index (κ2) is 8.84. The molecule has 0 radical (unpaired) electrons. The Labute approximate surface area is 117 Å². The maximum Gasteiger partial charge on any atom is 0.136 e. The van der Waals surface area contributed by atoms with Crippen molar-refractivity contribution in [3.05, 3.63) is 0 Å². The molecule has 1 heterocycles. The number of hydrogen-bond acceptors (Lipinski definition) is 3. The molecule has 1 aliphatic rings. The van der Waals surface area contributed by atoms with Crippen molar-refractivity contribution < 1.29 is 4.84 Å². The molecule has 0 fully saturated rings. The number of nitrogens with zero attached hydrogens (tertiary/aromatic N) is 1. The maximum atomic E-state index is 5.72. The number of hydrogen-bond donors (Lipinski definition) is 0. The van der Waals surface area contributed by atoms with Crippen LogP contribution in [0.4, 0.5) is 0 Å². The van der Waals surface area contributed by atoms with Gasteiger partial charge < -0.3 is 4.84 Å². The van der Waals surface area contributed by atoms with Crippen LogP contribution in [0, 0.1) is 11.8 Å². The lowest BCUT2D eigenvalue weighted by Crippen LogP contribution is -2.24. The fourth-order valence-corrected chi connectivity index (χ4v) is 3.67. The molecule has 0 saturated carbocycles. The molecule has 2 atom stereocenters. The summed E-state index contributed by atoms with van der Waals surface area (Å²) < 4.78 is 0. The molecular formula is C15H29NOS. The highest BCUT2D eigenvalue weighted by Crippen LogP contribution is 2.29. The standard InChI is InChI=1S/C15H29NOS/c1-5-8-13(9-6-2)14-10-15(17-16-14)12(7-3)11-18-4/h12-13,15H,5-11H2,1-4H3. The lowest BCUT2D eigenvalue weighted by atomic mass is 9.88. The van der Waals surface area contributed by atoms with E-state index in [4.69, 9.17) is 4.84 Å². The highest BCUT2D eigenvalue weighted by atomic mass is 32.2. The van der Waals surface area contributed by atoms with Gasteiger partial charge in [-0.1, -0.05) is 38.8 Å². The molecule has 3 heteroatoms. The van der Waals surface area contributed by atoms with Gasteiger partial charge in [-0.05, 0) is 31.3 Å². The first-order valence-electron chi connectivity index (χ1n) is 7.48. The van der Waals surface area contributed by atoms with E-state index in [0.29, 0.717) is 17.9 Å². The Hall–Kier alpha value is -0.180. The van der Waals surface area contributed by atoms with E-state index in [-0.39, 0.29) is 0 Å². The zero-order valence-electron chi connectivity index (χ0n) is 12.4. The van der Waals surface area contributed by atoms with Crippen molar-refractivity contribution in [1.82, 2.24) is 0 Å². The Morgan fingerprint density at radius 2 is 1.94 bits per heavy atom. The summed E-state index contributed by atoms with van der Waals surface area (Å²) in [5.41, 5.74) is 1.34. The lowest BCUT2D eigenvalue weighted by Gasteiger charge is -2.20. The molecule has 1 rings (SSSR count). The van der Waals surface area contributed by atoms with Crippen LogP contribution in [0.2, 0.25) is 0 Å². The molecule has 2 nitrogen and oxygen atoms in total. The second-order valence-corrected chi connectivity index (χ2v) is 6.24. The SMILES string of the molecule is CCCC(CCC)C1=NOC(C(CC)CSC)C1. The third-order valence-corrected chi connectivity index (χ3v) is 4.65. The minimum Gasteiger partial charge on any atom is -0.392 e. The van der Waals surface area contributed by atoms with Crippen molar-refractivity contribution in [2.75, 3.05) is 12.0 Å². The van der Waals surface area contributed by atoms with Crippen LogP contribution >= 0.6 is 11.8 Å². The van der Waals surface area contributed by atoms with Gasteiger partial charge in [0.05, 0.1) is 5.71 Å². The molecule has 18 heavy (non-hydrogen) atoms. The number of thioether (sulfide) groups is 1. The summed E-state index contributed by atoms with van der Waals surface area (Å²) in [5.74, 6) is 2.51. The van der Waals surface area contributed by atoms with Gasteiger partial charge in [-0.2, -0.15) is 11.8 Å². The lowest BCUT2D eigenvalue weighted by molar-refractivity contribution is 0.0466. The van der Waals surface area contributed by atoms with Gasteiger partial charge in [-0.3, -0.25) is 0 Å². The van der Waals surface area contributed by atoms with Crippen molar-refractivity contribution >= 4 is 17.5 Å². The van der Waals surface area contributed by atoms with Crippen LogP contribution in [0.3, 0.4) is 0 Å². The first-order valence-corrected chi connectivity index (χ1v) is 8.87. The molecule has 0 spiro atoms. The normalized spacial score (nSPS) is 20.9. The van der Waals surface area contributed by atoms with Crippen LogP contribution in [0.15, 0.2) is 5.16 Å². The van der Waals surface area contributed by atoms with Crippen LogP contribution in [-0.2, 0) is 4.84 Å². The molecular weight excluding hydrogens is 242 g/mol. The summed E-state index contributed by atoms with van der Waals surface area (Å²) in [4.78, 5) is 5.72. The van der Waals surface area contributed by atoms with Crippen molar-refractivity contribution in [3.63, 3.8) is 0 Å². The summed E-state index contributed by atoms with van der Waals surface area (Å²) in [5, 5.41) is 4.41. The van der Waals surface area contributed by atoms with E-state index in [0.717, 1.165) is 6.42 Å². The van der Waals surface area contributed by atoms with Crippen molar-refractivity contribution in [3.8, 4) is 0 Å². The second-order valence-electron chi connectivity index (χ2n) is 5.33. The molecule has 0 bridgehead atoms. The van der Waals surface area contributed by atoms with Crippen molar-refractivity contribution in [1.29, 1.82) is 0 Å². The summed E-state index contributed by atoms with van der Waals surface area (Å²) in [6.07, 6.45) is 9.81. The number of oxime groups is 1. The molecule has 0 aliphatic carbocycles. The van der Waals surface area contributed by atoms with Gasteiger partial charge >= 0.3 is 0 Å². The van der Waals surface area contributed by atoms with Crippen LogP contribution in [0.25, 0.3) is 0 Å². The third kappa shape index (κ3) is 4.49. The Bertz CT molecular complexity index is 249. The van der Waals surface area contributed by atoms with Gasteiger partial charge in [0, 0.05) is 18.3 Å². The van der Waals surface area contributed by atoms with E-state index in [1.165, 1.54) is 43.6 Å². The van der Waals surface area contributed by atoms with E-state index in [1.54, 1.807) is 0 Å². The molecule has 0 aromatic heterocycles. The minimum atomic E-state index is 0.341. The summed E-state index contributed by atoms with van der Waals surface area (Å²) >= 11 is 1.92. The summed E-state index contributed by atoms with van der Waals surface area (Å²) in [6, 6.07) is 0. The molecule has 106 valence electrons. The van der Waals surface area contributed by atoms with Crippen molar-refractivity contribution in [2.24, 2.45) is 17.0 Å². The van der Waals surface area contributed by atoms with Gasteiger partial charge in [-0.25, -0.2) is 0 Å². The molecule has 0 aromatic rings. The van der Waals surface area contributed by atoms with Crippen LogP contribution in [-0.4, -0.2) is 23.8 Å². The van der Waals surface area contributed by atoms with Gasteiger partial charge in [0.1, 0.15) is 6.10 Å². The fraction of sp³-hybridized carbons (Fsp3) is 0.933. The highest BCUT2D eigenvalue weighted by molar-refractivity contribution is 7.98. The van der Waals surface area contributed by atoms with Gasteiger partial charge in [0.25, 0.3) is 0 Å². The fourth-order valence-electron chi connectivity index (χ4n) is 2.79. The van der Waals surface area contributed by atoms with Gasteiger partial charge in [0.15, 0.2) is 0 Å². The summed E-state index contributed by atoms with van der Waals surface area (Å²) in [7, 11) is 0. The van der Waals surface area contributed by atoms with E-state index in [9.17, 15) is 0 Å². The quantitative estimate of drug-likeness (QED) is 0.604. The predicted octanol–water partition coefficient (Wildman–Crippen LogP) is 4.74.